The minimum atomic E-state index is -0.249. The predicted octanol–water partition coefficient (Wildman–Crippen LogP) is 3.22. The zero-order chi connectivity index (χ0) is 14.5. The van der Waals surface area contributed by atoms with Crippen molar-refractivity contribution in [3.8, 4) is 0 Å². The van der Waals surface area contributed by atoms with Crippen molar-refractivity contribution in [1.29, 1.82) is 0 Å². The minimum Gasteiger partial charge on any atom is -0.319 e. The number of nitrogens with zero attached hydrogens (tertiary/aromatic N) is 1. The van der Waals surface area contributed by atoms with E-state index in [2.05, 4.69) is 19.2 Å². The van der Waals surface area contributed by atoms with E-state index in [-0.39, 0.29) is 23.9 Å². The van der Waals surface area contributed by atoms with Gasteiger partial charge in [-0.25, -0.2) is 4.39 Å². The van der Waals surface area contributed by atoms with Crippen LogP contribution in [0.5, 0.6) is 0 Å². The molecule has 1 N–H and O–H groups in total. The lowest BCUT2D eigenvalue weighted by atomic mass is 10.1. The first-order valence-corrected chi connectivity index (χ1v) is 7.43. The van der Waals surface area contributed by atoms with E-state index in [1.54, 1.807) is 12.1 Å². The fourth-order valence-corrected chi connectivity index (χ4v) is 2.77. The molecule has 0 saturated carbocycles. The molecule has 1 aromatic rings. The summed E-state index contributed by atoms with van der Waals surface area (Å²) in [7, 11) is 0. The van der Waals surface area contributed by atoms with Crippen LogP contribution in [0.1, 0.15) is 51.3 Å². The maximum Gasteiger partial charge on any atom is 0.238 e. The SMILES string of the molecule is CCCCCC(C)N1C(=O)CNC1c1ccc(F)cc1. The summed E-state index contributed by atoms with van der Waals surface area (Å²) in [5.41, 5.74) is 0.944. The van der Waals surface area contributed by atoms with E-state index in [4.69, 9.17) is 0 Å². The van der Waals surface area contributed by atoms with Gasteiger partial charge in [-0.2, -0.15) is 0 Å². The standard InChI is InChI=1S/C16H23FN2O/c1-3-4-5-6-12(2)19-15(20)11-18-16(19)13-7-9-14(17)10-8-13/h7-10,12,16,18H,3-6,11H2,1-2H3. The van der Waals surface area contributed by atoms with Crippen molar-refractivity contribution < 1.29 is 9.18 Å². The Kier molecular flexibility index (Phi) is 5.12. The van der Waals surface area contributed by atoms with Gasteiger partial charge in [0.2, 0.25) is 5.91 Å². The molecule has 0 aliphatic carbocycles. The van der Waals surface area contributed by atoms with Gasteiger partial charge in [-0.1, -0.05) is 38.3 Å². The summed E-state index contributed by atoms with van der Waals surface area (Å²) in [6, 6.07) is 6.59. The van der Waals surface area contributed by atoms with E-state index < -0.39 is 0 Å². The van der Waals surface area contributed by atoms with Gasteiger partial charge in [-0.3, -0.25) is 10.1 Å². The molecule has 1 aliphatic rings. The third-order valence-corrected chi connectivity index (χ3v) is 3.90. The lowest BCUT2D eigenvalue weighted by Crippen LogP contribution is -2.37. The Balaban J connectivity index is 2.07. The second-order valence-electron chi connectivity index (χ2n) is 5.48. The van der Waals surface area contributed by atoms with E-state index >= 15 is 0 Å². The second kappa shape index (κ2) is 6.84. The highest BCUT2D eigenvalue weighted by Gasteiger charge is 2.34. The molecule has 1 aliphatic heterocycles. The summed E-state index contributed by atoms with van der Waals surface area (Å²) in [6.45, 7) is 4.63. The van der Waals surface area contributed by atoms with E-state index in [1.165, 1.54) is 25.0 Å². The van der Waals surface area contributed by atoms with Gasteiger partial charge in [-0.15, -0.1) is 0 Å². The first-order chi connectivity index (χ1) is 9.63. The van der Waals surface area contributed by atoms with Crippen LogP contribution < -0.4 is 5.32 Å². The largest absolute Gasteiger partial charge is 0.319 e. The van der Waals surface area contributed by atoms with Gasteiger partial charge >= 0.3 is 0 Å². The molecule has 0 bridgehead atoms. The van der Waals surface area contributed by atoms with Crippen molar-refractivity contribution in [2.24, 2.45) is 0 Å². The molecule has 1 amide bonds. The van der Waals surface area contributed by atoms with Crippen LogP contribution in [0.4, 0.5) is 4.39 Å². The van der Waals surface area contributed by atoms with Gasteiger partial charge in [-0.05, 0) is 31.0 Å². The zero-order valence-electron chi connectivity index (χ0n) is 12.2. The average Bonchev–Trinajstić information content (AvgIpc) is 2.82. The van der Waals surface area contributed by atoms with Gasteiger partial charge in [0.15, 0.2) is 0 Å². The Morgan fingerprint density at radius 1 is 1.35 bits per heavy atom. The van der Waals surface area contributed by atoms with Gasteiger partial charge in [0, 0.05) is 6.04 Å². The molecule has 1 fully saturated rings. The highest BCUT2D eigenvalue weighted by molar-refractivity contribution is 5.81. The molecule has 1 saturated heterocycles. The molecule has 2 rings (SSSR count). The molecule has 110 valence electrons. The third kappa shape index (κ3) is 3.37. The zero-order valence-corrected chi connectivity index (χ0v) is 12.2. The molecular formula is C16H23FN2O. The Labute approximate surface area is 120 Å². The number of unbranched alkanes of at least 4 members (excludes halogenated alkanes) is 2. The first-order valence-electron chi connectivity index (χ1n) is 7.43. The number of nitrogens with one attached hydrogen (secondary N) is 1. The maximum absolute atomic E-state index is 13.0. The van der Waals surface area contributed by atoms with Gasteiger partial charge < -0.3 is 4.90 Å². The lowest BCUT2D eigenvalue weighted by Gasteiger charge is -2.30. The molecule has 2 atom stereocenters. The highest BCUT2D eigenvalue weighted by Crippen LogP contribution is 2.26. The highest BCUT2D eigenvalue weighted by atomic mass is 19.1. The molecule has 0 spiro atoms. The fraction of sp³-hybridized carbons (Fsp3) is 0.562. The Hall–Kier alpha value is -1.42. The summed E-state index contributed by atoms with van der Waals surface area (Å²) in [4.78, 5) is 14.0. The topological polar surface area (TPSA) is 32.3 Å². The maximum atomic E-state index is 13.0. The van der Waals surface area contributed by atoms with Crippen LogP contribution in [0, 0.1) is 5.82 Å². The Morgan fingerprint density at radius 2 is 2.05 bits per heavy atom. The summed E-state index contributed by atoms with van der Waals surface area (Å²) in [5.74, 6) is -0.121. The van der Waals surface area contributed by atoms with Crippen molar-refractivity contribution >= 4 is 5.91 Å². The normalized spacial score (nSPS) is 20.4. The van der Waals surface area contributed by atoms with Gasteiger partial charge in [0.1, 0.15) is 12.0 Å². The number of rotatable bonds is 6. The number of carbonyl (C=O) groups excluding carboxylic acids is 1. The van der Waals surface area contributed by atoms with Crippen molar-refractivity contribution in [3.05, 3.63) is 35.6 Å². The predicted molar refractivity (Wildman–Crippen MR) is 77.6 cm³/mol. The average molecular weight is 278 g/mol. The summed E-state index contributed by atoms with van der Waals surface area (Å²) >= 11 is 0. The molecule has 2 unspecified atom stereocenters. The van der Waals surface area contributed by atoms with Crippen LogP contribution in [0.15, 0.2) is 24.3 Å². The molecule has 4 heteroatoms. The summed E-state index contributed by atoms with van der Waals surface area (Å²) in [6.07, 6.45) is 4.40. The quantitative estimate of drug-likeness (QED) is 0.810. The molecule has 1 heterocycles. The molecule has 0 aromatic heterocycles. The van der Waals surface area contributed by atoms with Crippen molar-refractivity contribution in [3.63, 3.8) is 0 Å². The summed E-state index contributed by atoms with van der Waals surface area (Å²) < 4.78 is 13.0. The lowest BCUT2D eigenvalue weighted by molar-refractivity contribution is -0.130. The van der Waals surface area contributed by atoms with E-state index in [0.717, 1.165) is 18.4 Å². The van der Waals surface area contributed by atoms with Gasteiger partial charge in [0.05, 0.1) is 6.54 Å². The monoisotopic (exact) mass is 278 g/mol. The number of carbonyl (C=O) groups is 1. The fourth-order valence-electron chi connectivity index (χ4n) is 2.77. The van der Waals surface area contributed by atoms with E-state index in [0.29, 0.717) is 6.54 Å². The number of amides is 1. The van der Waals surface area contributed by atoms with Crippen LogP contribution >= 0.6 is 0 Å². The number of benzene rings is 1. The number of hydrogen-bond acceptors (Lipinski definition) is 2. The molecule has 3 nitrogen and oxygen atoms in total. The van der Waals surface area contributed by atoms with Crippen LogP contribution in [-0.2, 0) is 4.79 Å². The Morgan fingerprint density at radius 3 is 2.70 bits per heavy atom. The summed E-state index contributed by atoms with van der Waals surface area (Å²) in [5, 5.41) is 3.22. The molecule has 0 radical (unpaired) electrons. The van der Waals surface area contributed by atoms with E-state index in [9.17, 15) is 9.18 Å². The van der Waals surface area contributed by atoms with Crippen molar-refractivity contribution in [2.75, 3.05) is 6.54 Å². The molecule has 1 aromatic carbocycles. The van der Waals surface area contributed by atoms with E-state index in [1.807, 2.05) is 4.90 Å². The molecule has 20 heavy (non-hydrogen) atoms. The van der Waals surface area contributed by atoms with Crippen LogP contribution in [0.3, 0.4) is 0 Å². The van der Waals surface area contributed by atoms with Crippen LogP contribution in [0.25, 0.3) is 0 Å². The minimum absolute atomic E-state index is 0.125. The smallest absolute Gasteiger partial charge is 0.238 e. The number of halogens is 1. The molecular weight excluding hydrogens is 255 g/mol. The third-order valence-electron chi connectivity index (χ3n) is 3.90. The van der Waals surface area contributed by atoms with Crippen molar-refractivity contribution in [2.45, 2.75) is 51.7 Å². The first kappa shape index (κ1) is 15.0. The number of hydrogen-bond donors (Lipinski definition) is 1. The van der Waals surface area contributed by atoms with Crippen LogP contribution in [-0.4, -0.2) is 23.4 Å². The van der Waals surface area contributed by atoms with Crippen molar-refractivity contribution in [1.82, 2.24) is 10.2 Å². The second-order valence-corrected chi connectivity index (χ2v) is 5.48. The van der Waals surface area contributed by atoms with Crippen LogP contribution in [0.2, 0.25) is 0 Å². The van der Waals surface area contributed by atoms with Gasteiger partial charge in [0.25, 0.3) is 0 Å². The Bertz CT molecular complexity index is 446.